The first-order chi connectivity index (χ1) is 19.7. The Morgan fingerprint density at radius 3 is 2.12 bits per heavy atom. The maximum absolute atomic E-state index is 12.7. The lowest BCUT2D eigenvalue weighted by atomic mass is 10.0. The van der Waals surface area contributed by atoms with Crippen LogP contribution in [0.3, 0.4) is 0 Å². The smallest absolute Gasteiger partial charge is 0.406 e. The van der Waals surface area contributed by atoms with E-state index in [2.05, 4.69) is 50.4 Å². The number of piperazine rings is 1. The molecule has 1 aromatic heterocycles. The zero-order valence-electron chi connectivity index (χ0n) is 23.1. The topological polar surface area (TPSA) is 20.6 Å². The minimum absolute atomic E-state index is 0.218. The van der Waals surface area contributed by atoms with E-state index < -0.39 is 6.36 Å². The van der Waals surface area contributed by atoms with E-state index in [4.69, 9.17) is 23.2 Å². The molecule has 0 saturated carbocycles. The summed E-state index contributed by atoms with van der Waals surface area (Å²) in [5.74, 6) is -0.218. The molecule has 9 heteroatoms. The lowest BCUT2D eigenvalue weighted by Gasteiger charge is -2.35. The summed E-state index contributed by atoms with van der Waals surface area (Å²) in [6, 6.07) is 18.4. The SMILES string of the molecule is CCCCCn1cc(-c2ccc(OC(F)(F)F)cc2)c2cc(CN3CCN(Cc4c(Cl)cccc4Cl)CC3)ccc21. The summed E-state index contributed by atoms with van der Waals surface area (Å²) in [5, 5.41) is 2.51. The Labute approximate surface area is 249 Å². The Kier molecular flexibility index (Phi) is 9.49. The second kappa shape index (κ2) is 13.1. The average molecular weight is 605 g/mol. The summed E-state index contributed by atoms with van der Waals surface area (Å²) in [6.07, 6.45) is 0.769. The summed E-state index contributed by atoms with van der Waals surface area (Å²) in [4.78, 5) is 4.83. The maximum Gasteiger partial charge on any atom is 0.573 e. The van der Waals surface area contributed by atoms with E-state index >= 15 is 0 Å². The van der Waals surface area contributed by atoms with E-state index in [1.807, 2.05) is 18.2 Å². The first kappa shape index (κ1) is 29.8. The van der Waals surface area contributed by atoms with Crippen molar-refractivity contribution in [2.45, 2.75) is 52.2 Å². The minimum atomic E-state index is -4.71. The summed E-state index contributed by atoms with van der Waals surface area (Å²) in [5.41, 5.74) is 5.20. The zero-order valence-corrected chi connectivity index (χ0v) is 24.6. The molecule has 1 aliphatic heterocycles. The fourth-order valence-corrected chi connectivity index (χ4v) is 6.01. The number of nitrogens with zero attached hydrogens (tertiary/aromatic N) is 3. The van der Waals surface area contributed by atoms with Crippen molar-refractivity contribution in [2.24, 2.45) is 0 Å². The number of fused-ring (bicyclic) bond motifs is 1. The van der Waals surface area contributed by atoms with Crippen molar-refractivity contribution in [3.05, 3.63) is 88.0 Å². The van der Waals surface area contributed by atoms with Crippen molar-refractivity contribution in [2.75, 3.05) is 26.2 Å². The predicted molar refractivity (Wildman–Crippen MR) is 161 cm³/mol. The van der Waals surface area contributed by atoms with Crippen molar-refractivity contribution in [3.63, 3.8) is 0 Å². The van der Waals surface area contributed by atoms with Gasteiger partial charge in [-0.1, -0.05) is 67.2 Å². The fourth-order valence-electron chi connectivity index (χ4n) is 5.50. The van der Waals surface area contributed by atoms with Gasteiger partial charge < -0.3 is 9.30 Å². The third kappa shape index (κ3) is 7.58. The molecule has 0 N–H and O–H groups in total. The van der Waals surface area contributed by atoms with Crippen LogP contribution in [0.2, 0.25) is 10.0 Å². The van der Waals surface area contributed by atoms with Crippen molar-refractivity contribution in [1.29, 1.82) is 0 Å². The summed E-state index contributed by atoms with van der Waals surface area (Å²) >= 11 is 12.8. The number of unbranched alkanes of at least 4 members (excludes halogenated alkanes) is 2. The molecule has 41 heavy (non-hydrogen) atoms. The molecule has 1 saturated heterocycles. The van der Waals surface area contributed by atoms with Gasteiger partial charge in [-0.2, -0.15) is 0 Å². The number of ether oxygens (including phenoxy) is 1. The molecule has 0 atom stereocenters. The largest absolute Gasteiger partial charge is 0.573 e. The molecule has 3 aromatic carbocycles. The number of benzene rings is 3. The highest BCUT2D eigenvalue weighted by Gasteiger charge is 2.31. The third-order valence-electron chi connectivity index (χ3n) is 7.66. The normalized spacial score (nSPS) is 15.1. The van der Waals surface area contributed by atoms with E-state index in [0.29, 0.717) is 10.0 Å². The van der Waals surface area contributed by atoms with Gasteiger partial charge in [0.2, 0.25) is 0 Å². The zero-order chi connectivity index (χ0) is 29.0. The number of halogens is 5. The van der Waals surface area contributed by atoms with Crippen LogP contribution in [-0.2, 0) is 19.6 Å². The fraction of sp³-hybridized carbons (Fsp3) is 0.375. The van der Waals surface area contributed by atoms with Crippen LogP contribution in [0.5, 0.6) is 5.75 Å². The predicted octanol–water partition coefficient (Wildman–Crippen LogP) is 9.02. The van der Waals surface area contributed by atoms with Gasteiger partial charge >= 0.3 is 6.36 Å². The number of hydrogen-bond acceptors (Lipinski definition) is 3. The van der Waals surface area contributed by atoms with Crippen molar-refractivity contribution >= 4 is 34.1 Å². The van der Waals surface area contributed by atoms with Gasteiger partial charge in [-0.25, -0.2) is 0 Å². The first-order valence-electron chi connectivity index (χ1n) is 14.1. The van der Waals surface area contributed by atoms with Crippen molar-refractivity contribution in [3.8, 4) is 16.9 Å². The van der Waals surface area contributed by atoms with Crippen LogP contribution in [0.4, 0.5) is 13.2 Å². The van der Waals surface area contributed by atoms with Gasteiger partial charge in [0.05, 0.1) is 0 Å². The molecular weight excluding hydrogens is 570 g/mol. The first-order valence-corrected chi connectivity index (χ1v) is 14.8. The monoisotopic (exact) mass is 603 g/mol. The quantitative estimate of drug-likeness (QED) is 0.169. The summed E-state index contributed by atoms with van der Waals surface area (Å²) in [7, 11) is 0. The van der Waals surface area contributed by atoms with Gasteiger partial charge in [0.25, 0.3) is 0 Å². The van der Waals surface area contributed by atoms with E-state index in [1.54, 1.807) is 12.1 Å². The number of aromatic nitrogens is 1. The summed E-state index contributed by atoms with van der Waals surface area (Å²) < 4.78 is 44.4. The van der Waals surface area contributed by atoms with Crippen LogP contribution < -0.4 is 4.74 Å². The highest BCUT2D eigenvalue weighted by atomic mass is 35.5. The molecule has 0 amide bonds. The Bertz CT molecular complexity index is 1440. The molecule has 0 unspecified atom stereocenters. The average Bonchev–Trinajstić information content (AvgIpc) is 3.29. The van der Waals surface area contributed by atoms with E-state index in [1.165, 1.54) is 17.7 Å². The second-order valence-corrected chi connectivity index (χ2v) is 11.4. The van der Waals surface area contributed by atoms with Crippen LogP contribution in [0.25, 0.3) is 22.0 Å². The molecule has 1 fully saturated rings. The number of hydrogen-bond donors (Lipinski definition) is 0. The van der Waals surface area contributed by atoms with Gasteiger partial charge in [0.1, 0.15) is 5.75 Å². The van der Waals surface area contributed by atoms with Gasteiger partial charge in [-0.3, -0.25) is 9.80 Å². The molecule has 0 bridgehead atoms. The standard InChI is InChI=1S/C32H34Cl2F3N3O/c1-2-3-4-14-40-22-27(24-9-11-25(12-10-24)41-32(35,36)37)26-19-23(8-13-31(26)40)20-38-15-17-39(18-16-38)21-28-29(33)6-5-7-30(28)34/h5-13,19,22H,2-4,14-18,20-21H2,1H3. The van der Waals surface area contributed by atoms with E-state index in [9.17, 15) is 13.2 Å². The Balaban J connectivity index is 1.32. The Hall–Kier alpha value is -2.71. The molecule has 0 spiro atoms. The van der Waals surface area contributed by atoms with E-state index in [-0.39, 0.29) is 5.75 Å². The van der Waals surface area contributed by atoms with Crippen LogP contribution >= 0.6 is 23.2 Å². The van der Waals surface area contributed by atoms with Crippen LogP contribution in [-0.4, -0.2) is 46.9 Å². The lowest BCUT2D eigenvalue weighted by Crippen LogP contribution is -2.45. The number of rotatable bonds is 10. The second-order valence-electron chi connectivity index (χ2n) is 10.6. The van der Waals surface area contributed by atoms with Crippen LogP contribution in [0.1, 0.15) is 37.3 Å². The summed E-state index contributed by atoms with van der Waals surface area (Å²) in [6.45, 7) is 8.37. The molecule has 4 aromatic rings. The Morgan fingerprint density at radius 2 is 1.49 bits per heavy atom. The number of alkyl halides is 3. The molecule has 5 rings (SSSR count). The molecule has 218 valence electrons. The minimum Gasteiger partial charge on any atom is -0.406 e. The Morgan fingerprint density at radius 1 is 0.829 bits per heavy atom. The highest BCUT2D eigenvalue weighted by Crippen LogP contribution is 2.34. The van der Waals surface area contributed by atoms with Gasteiger partial charge in [-0.05, 0) is 53.9 Å². The van der Waals surface area contributed by atoms with Gasteiger partial charge in [-0.15, -0.1) is 13.2 Å². The molecule has 1 aliphatic rings. The molecule has 2 heterocycles. The molecule has 0 aliphatic carbocycles. The number of aryl methyl sites for hydroxylation is 1. The molecule has 0 radical (unpaired) electrons. The molecular formula is C32H34Cl2F3N3O. The van der Waals surface area contributed by atoms with Crippen molar-refractivity contribution in [1.82, 2.24) is 14.4 Å². The van der Waals surface area contributed by atoms with Gasteiger partial charge in [0.15, 0.2) is 0 Å². The molecule has 4 nitrogen and oxygen atoms in total. The van der Waals surface area contributed by atoms with E-state index in [0.717, 1.165) is 92.7 Å². The van der Waals surface area contributed by atoms with Gasteiger partial charge in [0, 0.05) is 84.1 Å². The van der Waals surface area contributed by atoms with Crippen LogP contribution in [0.15, 0.2) is 66.9 Å². The maximum atomic E-state index is 12.7. The lowest BCUT2D eigenvalue weighted by molar-refractivity contribution is -0.274. The highest BCUT2D eigenvalue weighted by molar-refractivity contribution is 6.35. The third-order valence-corrected chi connectivity index (χ3v) is 8.37. The van der Waals surface area contributed by atoms with Crippen molar-refractivity contribution < 1.29 is 17.9 Å². The van der Waals surface area contributed by atoms with Crippen LogP contribution in [0, 0.1) is 0 Å².